The molecule has 1 fully saturated rings. The number of hydrogen-bond acceptors (Lipinski definition) is 3. The number of ether oxygens (including phenoxy) is 1. The maximum absolute atomic E-state index is 13.0. The zero-order valence-corrected chi connectivity index (χ0v) is 17.6. The van der Waals surface area contributed by atoms with E-state index in [0.29, 0.717) is 17.0 Å². The van der Waals surface area contributed by atoms with E-state index in [1.165, 1.54) is 0 Å². The topological polar surface area (TPSA) is 58.6 Å². The summed E-state index contributed by atoms with van der Waals surface area (Å²) < 4.78 is 6.65. The molecule has 1 heterocycles. The molecule has 0 unspecified atom stereocenters. The second-order valence-corrected chi connectivity index (χ2v) is 7.87. The van der Waals surface area contributed by atoms with E-state index in [-0.39, 0.29) is 11.8 Å². The maximum atomic E-state index is 13.0. The van der Waals surface area contributed by atoms with Gasteiger partial charge in [0.15, 0.2) is 6.10 Å². The largest absolute Gasteiger partial charge is 0.481 e. The molecule has 1 atom stereocenters. The third-order valence-corrected chi connectivity index (χ3v) is 5.33. The zero-order chi connectivity index (χ0) is 19.9. The predicted octanol–water partition coefficient (Wildman–Crippen LogP) is 4.87. The molecule has 0 radical (unpaired) electrons. The number of para-hydroxylation sites is 1. The van der Waals surface area contributed by atoms with Crippen LogP contribution in [0, 0.1) is 0 Å². The number of carbonyl (C=O) groups is 2. The van der Waals surface area contributed by atoms with E-state index in [9.17, 15) is 9.59 Å². The van der Waals surface area contributed by atoms with E-state index in [4.69, 9.17) is 4.74 Å². The summed E-state index contributed by atoms with van der Waals surface area (Å²) in [5, 5.41) is 2.86. The van der Waals surface area contributed by atoms with Gasteiger partial charge in [-0.15, -0.1) is 0 Å². The Morgan fingerprint density at radius 1 is 1.00 bits per heavy atom. The van der Waals surface area contributed by atoms with E-state index in [1.807, 2.05) is 29.2 Å². The van der Waals surface area contributed by atoms with E-state index in [1.54, 1.807) is 31.2 Å². The lowest BCUT2D eigenvalue weighted by Gasteiger charge is -2.22. The summed E-state index contributed by atoms with van der Waals surface area (Å²) in [5.41, 5.74) is 1.04. The van der Waals surface area contributed by atoms with Crippen molar-refractivity contribution >= 4 is 33.4 Å². The number of hydrogen-bond donors (Lipinski definition) is 1. The van der Waals surface area contributed by atoms with Crippen LogP contribution in [0.1, 0.15) is 43.0 Å². The van der Waals surface area contributed by atoms with Gasteiger partial charge in [0.25, 0.3) is 11.8 Å². The van der Waals surface area contributed by atoms with Crippen LogP contribution in [-0.4, -0.2) is 35.9 Å². The Morgan fingerprint density at radius 3 is 2.32 bits per heavy atom. The van der Waals surface area contributed by atoms with Gasteiger partial charge in [-0.1, -0.05) is 40.9 Å². The molecule has 28 heavy (non-hydrogen) atoms. The van der Waals surface area contributed by atoms with Gasteiger partial charge in [0.05, 0.1) is 11.3 Å². The van der Waals surface area contributed by atoms with Crippen LogP contribution in [0.4, 0.5) is 5.69 Å². The first-order valence-corrected chi connectivity index (χ1v) is 10.5. The molecule has 0 bridgehead atoms. The molecule has 1 saturated heterocycles. The monoisotopic (exact) mass is 444 g/mol. The maximum Gasteiger partial charge on any atom is 0.265 e. The van der Waals surface area contributed by atoms with E-state index in [2.05, 4.69) is 21.2 Å². The molecule has 1 aliphatic rings. The number of halogens is 1. The van der Waals surface area contributed by atoms with Crippen molar-refractivity contribution in [3.63, 3.8) is 0 Å². The Hall–Kier alpha value is -2.34. The van der Waals surface area contributed by atoms with Crippen molar-refractivity contribution in [2.24, 2.45) is 0 Å². The summed E-state index contributed by atoms with van der Waals surface area (Å²) in [6, 6.07) is 14.5. The molecule has 0 aliphatic carbocycles. The quantitative estimate of drug-likeness (QED) is 0.715. The summed E-state index contributed by atoms with van der Waals surface area (Å²) in [6.07, 6.45) is 3.68. The minimum absolute atomic E-state index is 0.0284. The van der Waals surface area contributed by atoms with Crippen molar-refractivity contribution in [1.29, 1.82) is 0 Å². The standard InChI is InChI=1S/C22H25BrN2O3/c1-16(28-18-12-10-17(23)11-13-18)21(26)24-20-9-5-4-8-19(20)22(27)25-14-6-2-3-7-15-25/h4-5,8-13,16H,2-3,6-7,14-15H2,1H3,(H,24,26)/t16-/m1/s1. The highest BCUT2D eigenvalue weighted by Crippen LogP contribution is 2.21. The molecular formula is C22H25BrN2O3. The van der Waals surface area contributed by atoms with Crippen LogP contribution in [0.2, 0.25) is 0 Å². The average molecular weight is 445 g/mol. The number of nitrogens with one attached hydrogen (secondary N) is 1. The first-order chi connectivity index (χ1) is 13.5. The Kier molecular flexibility index (Phi) is 7.09. The normalized spacial score (nSPS) is 15.4. The molecule has 0 spiro atoms. The number of rotatable bonds is 5. The van der Waals surface area contributed by atoms with Crippen molar-refractivity contribution in [3.05, 3.63) is 58.6 Å². The average Bonchev–Trinajstić information content (AvgIpc) is 2.99. The molecule has 2 aromatic carbocycles. The fourth-order valence-electron chi connectivity index (χ4n) is 3.23. The highest BCUT2D eigenvalue weighted by Gasteiger charge is 2.22. The molecule has 6 heteroatoms. The third-order valence-electron chi connectivity index (χ3n) is 4.80. The van der Waals surface area contributed by atoms with Crippen molar-refractivity contribution in [1.82, 2.24) is 4.90 Å². The smallest absolute Gasteiger partial charge is 0.265 e. The lowest BCUT2D eigenvalue weighted by molar-refractivity contribution is -0.122. The van der Waals surface area contributed by atoms with Crippen molar-refractivity contribution in [3.8, 4) is 5.75 Å². The van der Waals surface area contributed by atoms with Crippen LogP contribution in [0.15, 0.2) is 53.0 Å². The molecule has 5 nitrogen and oxygen atoms in total. The first kappa shape index (κ1) is 20.4. The van der Waals surface area contributed by atoms with Crippen LogP contribution >= 0.6 is 15.9 Å². The van der Waals surface area contributed by atoms with Crippen molar-refractivity contribution in [2.75, 3.05) is 18.4 Å². The number of carbonyl (C=O) groups excluding carboxylic acids is 2. The second-order valence-electron chi connectivity index (χ2n) is 6.96. The zero-order valence-electron chi connectivity index (χ0n) is 16.0. The van der Waals surface area contributed by atoms with Gasteiger partial charge in [0, 0.05) is 17.6 Å². The number of amides is 2. The van der Waals surface area contributed by atoms with Gasteiger partial charge in [-0.05, 0) is 56.2 Å². The highest BCUT2D eigenvalue weighted by molar-refractivity contribution is 9.10. The van der Waals surface area contributed by atoms with Crippen molar-refractivity contribution in [2.45, 2.75) is 38.7 Å². The molecule has 0 aromatic heterocycles. The fourth-order valence-corrected chi connectivity index (χ4v) is 3.49. The first-order valence-electron chi connectivity index (χ1n) is 9.66. The van der Waals surface area contributed by atoms with Gasteiger partial charge < -0.3 is 15.0 Å². The number of anilines is 1. The summed E-state index contributed by atoms with van der Waals surface area (Å²) in [5.74, 6) is 0.290. The van der Waals surface area contributed by atoms with Crippen LogP contribution in [-0.2, 0) is 4.79 Å². The molecule has 2 aromatic rings. The van der Waals surface area contributed by atoms with Crippen LogP contribution in [0.3, 0.4) is 0 Å². The minimum Gasteiger partial charge on any atom is -0.481 e. The summed E-state index contributed by atoms with van der Waals surface area (Å²) in [4.78, 5) is 27.5. The summed E-state index contributed by atoms with van der Waals surface area (Å²) >= 11 is 3.37. The summed E-state index contributed by atoms with van der Waals surface area (Å²) in [6.45, 7) is 3.23. The number of benzene rings is 2. The van der Waals surface area contributed by atoms with E-state index < -0.39 is 6.10 Å². The second kappa shape index (κ2) is 9.73. The lowest BCUT2D eigenvalue weighted by Crippen LogP contribution is -2.34. The van der Waals surface area contributed by atoms with Gasteiger partial charge in [-0.25, -0.2) is 0 Å². The van der Waals surface area contributed by atoms with E-state index >= 15 is 0 Å². The fraction of sp³-hybridized carbons (Fsp3) is 0.364. The van der Waals surface area contributed by atoms with E-state index in [0.717, 1.165) is 43.2 Å². The van der Waals surface area contributed by atoms with Gasteiger partial charge in [-0.3, -0.25) is 9.59 Å². The molecular weight excluding hydrogens is 420 g/mol. The highest BCUT2D eigenvalue weighted by atomic mass is 79.9. The molecule has 148 valence electrons. The van der Waals surface area contributed by atoms with Gasteiger partial charge in [-0.2, -0.15) is 0 Å². The van der Waals surface area contributed by atoms with Gasteiger partial charge in [0.1, 0.15) is 5.75 Å². The van der Waals surface area contributed by atoms with Crippen LogP contribution in [0.25, 0.3) is 0 Å². The van der Waals surface area contributed by atoms with Crippen LogP contribution < -0.4 is 10.1 Å². The molecule has 3 rings (SSSR count). The number of nitrogens with zero attached hydrogens (tertiary/aromatic N) is 1. The van der Waals surface area contributed by atoms with Gasteiger partial charge >= 0.3 is 0 Å². The molecule has 1 N–H and O–H groups in total. The van der Waals surface area contributed by atoms with Crippen molar-refractivity contribution < 1.29 is 14.3 Å². The van der Waals surface area contributed by atoms with Gasteiger partial charge in [0.2, 0.25) is 0 Å². The summed E-state index contributed by atoms with van der Waals surface area (Å²) in [7, 11) is 0. The predicted molar refractivity (Wildman–Crippen MR) is 114 cm³/mol. The van der Waals surface area contributed by atoms with Crippen LogP contribution in [0.5, 0.6) is 5.75 Å². The number of likely N-dealkylation sites (tertiary alicyclic amines) is 1. The third kappa shape index (κ3) is 5.35. The Bertz CT molecular complexity index is 815. The SMILES string of the molecule is C[C@@H](Oc1ccc(Br)cc1)C(=O)Nc1ccccc1C(=O)N1CCCCCC1. The minimum atomic E-state index is -0.692. The molecule has 2 amide bonds. The molecule has 1 aliphatic heterocycles. The lowest BCUT2D eigenvalue weighted by atomic mass is 10.1. The Balaban J connectivity index is 1.68. The Morgan fingerprint density at radius 2 is 1.64 bits per heavy atom. The Labute approximate surface area is 174 Å². The molecule has 0 saturated carbocycles.